The fourth-order valence-corrected chi connectivity index (χ4v) is 1.99. The van der Waals surface area contributed by atoms with Crippen molar-refractivity contribution in [2.75, 3.05) is 34.3 Å². The molecule has 0 spiro atoms. The van der Waals surface area contributed by atoms with Crippen LogP contribution in [0, 0.1) is 0 Å². The van der Waals surface area contributed by atoms with Crippen LogP contribution in [0.5, 0.6) is 0 Å². The van der Waals surface area contributed by atoms with Gasteiger partial charge in [0.15, 0.2) is 0 Å². The number of urea groups is 1. The molecule has 2 amide bonds. The van der Waals surface area contributed by atoms with Crippen LogP contribution in [0.25, 0.3) is 0 Å². The van der Waals surface area contributed by atoms with Crippen molar-refractivity contribution in [1.82, 2.24) is 15.5 Å². The van der Waals surface area contributed by atoms with E-state index in [9.17, 15) is 9.59 Å². The second kappa shape index (κ2) is 9.78. The fourth-order valence-electron chi connectivity index (χ4n) is 1.99. The third-order valence-corrected chi connectivity index (χ3v) is 3.14. The van der Waals surface area contributed by atoms with Crippen molar-refractivity contribution < 1.29 is 14.3 Å². The Morgan fingerprint density at radius 1 is 1.23 bits per heavy atom. The molecule has 0 heterocycles. The number of ether oxygens (including phenoxy) is 1. The van der Waals surface area contributed by atoms with E-state index in [4.69, 9.17) is 4.74 Å². The van der Waals surface area contributed by atoms with E-state index in [1.54, 1.807) is 0 Å². The van der Waals surface area contributed by atoms with Gasteiger partial charge in [-0.1, -0.05) is 30.3 Å². The first-order chi connectivity index (χ1) is 10.5. The monoisotopic (exact) mass is 307 g/mol. The highest BCUT2D eigenvalue weighted by Crippen LogP contribution is 2.04. The first kappa shape index (κ1) is 18.0. The van der Waals surface area contributed by atoms with Crippen LogP contribution in [0.15, 0.2) is 30.3 Å². The van der Waals surface area contributed by atoms with Gasteiger partial charge in [-0.25, -0.2) is 9.59 Å². The Morgan fingerprint density at radius 3 is 2.50 bits per heavy atom. The van der Waals surface area contributed by atoms with Gasteiger partial charge in [0.2, 0.25) is 0 Å². The van der Waals surface area contributed by atoms with E-state index in [1.165, 1.54) is 7.11 Å². The van der Waals surface area contributed by atoms with Gasteiger partial charge in [-0.2, -0.15) is 0 Å². The molecule has 6 nitrogen and oxygen atoms in total. The summed E-state index contributed by atoms with van der Waals surface area (Å²) in [6.07, 6.45) is 1.25. The van der Waals surface area contributed by atoms with E-state index in [1.807, 2.05) is 49.3 Å². The Bertz CT molecular complexity index is 463. The molecule has 2 N–H and O–H groups in total. The standard InChI is InChI=1S/C16H25N3O3/c1-19(2)11-7-10-17-16(21)18-14(15(20)22-3)12-13-8-5-4-6-9-13/h4-6,8-9,14H,7,10-12H2,1-3H3,(H2,17,18,21)/t14-/m0/s1. The number of benzene rings is 1. The molecular formula is C16H25N3O3. The van der Waals surface area contributed by atoms with Gasteiger partial charge in [-0.15, -0.1) is 0 Å². The molecule has 0 bridgehead atoms. The third kappa shape index (κ3) is 7.08. The maximum absolute atomic E-state index is 11.9. The smallest absolute Gasteiger partial charge is 0.328 e. The molecule has 1 rings (SSSR count). The van der Waals surface area contributed by atoms with E-state index < -0.39 is 12.0 Å². The lowest BCUT2D eigenvalue weighted by molar-refractivity contribution is -0.142. The van der Waals surface area contributed by atoms with Crippen molar-refractivity contribution in [3.05, 3.63) is 35.9 Å². The number of amides is 2. The molecule has 0 radical (unpaired) electrons. The second-order valence-corrected chi connectivity index (χ2v) is 5.32. The van der Waals surface area contributed by atoms with Gasteiger partial charge in [0.1, 0.15) is 6.04 Å². The van der Waals surface area contributed by atoms with Crippen molar-refractivity contribution in [3.8, 4) is 0 Å². The van der Waals surface area contributed by atoms with Gasteiger partial charge in [-0.3, -0.25) is 0 Å². The number of carbonyl (C=O) groups is 2. The Kier molecular flexibility index (Phi) is 7.99. The van der Waals surface area contributed by atoms with Crippen LogP contribution in [-0.4, -0.2) is 57.2 Å². The molecule has 1 aromatic carbocycles. The first-order valence-electron chi connectivity index (χ1n) is 7.33. The highest BCUT2D eigenvalue weighted by Gasteiger charge is 2.21. The molecule has 1 atom stereocenters. The molecule has 0 aliphatic heterocycles. The SMILES string of the molecule is COC(=O)[C@H](Cc1ccccc1)NC(=O)NCCCN(C)C. The maximum atomic E-state index is 11.9. The first-order valence-corrected chi connectivity index (χ1v) is 7.33. The Balaban J connectivity index is 2.47. The quantitative estimate of drug-likeness (QED) is 0.556. The molecule has 0 saturated heterocycles. The summed E-state index contributed by atoms with van der Waals surface area (Å²) in [4.78, 5) is 25.7. The van der Waals surface area contributed by atoms with Gasteiger partial charge in [0.05, 0.1) is 7.11 Å². The molecule has 22 heavy (non-hydrogen) atoms. The Morgan fingerprint density at radius 2 is 1.91 bits per heavy atom. The lowest BCUT2D eigenvalue weighted by atomic mass is 10.1. The number of nitrogens with one attached hydrogen (secondary N) is 2. The molecule has 0 unspecified atom stereocenters. The largest absolute Gasteiger partial charge is 0.467 e. The zero-order chi connectivity index (χ0) is 16.4. The van der Waals surface area contributed by atoms with Crippen molar-refractivity contribution in [2.45, 2.75) is 18.9 Å². The van der Waals surface area contributed by atoms with Crippen molar-refractivity contribution in [2.24, 2.45) is 0 Å². The Labute approximate surface area is 131 Å². The number of hydrogen-bond donors (Lipinski definition) is 2. The number of carbonyl (C=O) groups excluding carboxylic acids is 2. The third-order valence-electron chi connectivity index (χ3n) is 3.14. The van der Waals surface area contributed by atoms with Crippen molar-refractivity contribution in [1.29, 1.82) is 0 Å². The van der Waals surface area contributed by atoms with Crippen LogP contribution in [0.4, 0.5) is 4.79 Å². The predicted molar refractivity (Wildman–Crippen MR) is 85.7 cm³/mol. The summed E-state index contributed by atoms with van der Waals surface area (Å²) < 4.78 is 4.75. The van der Waals surface area contributed by atoms with Crippen LogP contribution < -0.4 is 10.6 Å². The van der Waals surface area contributed by atoms with Crippen LogP contribution >= 0.6 is 0 Å². The molecule has 122 valence electrons. The summed E-state index contributed by atoms with van der Waals surface area (Å²) >= 11 is 0. The van der Waals surface area contributed by atoms with Crippen molar-refractivity contribution in [3.63, 3.8) is 0 Å². The van der Waals surface area contributed by atoms with Gasteiger partial charge >= 0.3 is 12.0 Å². The number of nitrogens with zero attached hydrogens (tertiary/aromatic N) is 1. The molecule has 6 heteroatoms. The highest BCUT2D eigenvalue weighted by atomic mass is 16.5. The topological polar surface area (TPSA) is 70.7 Å². The minimum absolute atomic E-state index is 0.356. The molecule has 1 aromatic rings. The van der Waals surface area contributed by atoms with Crippen LogP contribution in [-0.2, 0) is 16.0 Å². The average molecular weight is 307 g/mol. The number of methoxy groups -OCH3 is 1. The summed E-state index contributed by atoms with van der Waals surface area (Å²) in [5.74, 6) is -0.452. The van der Waals surface area contributed by atoms with Crippen LogP contribution in [0.2, 0.25) is 0 Å². The van der Waals surface area contributed by atoms with Crippen molar-refractivity contribution >= 4 is 12.0 Å². The molecule has 0 aromatic heterocycles. The lowest BCUT2D eigenvalue weighted by Crippen LogP contribution is -2.48. The van der Waals surface area contributed by atoms with Gasteiger partial charge in [0, 0.05) is 13.0 Å². The van der Waals surface area contributed by atoms with Gasteiger partial charge in [-0.05, 0) is 32.6 Å². The summed E-state index contributed by atoms with van der Waals surface area (Å²) in [6, 6.07) is 8.46. The Hall–Kier alpha value is -2.08. The molecular weight excluding hydrogens is 282 g/mol. The minimum Gasteiger partial charge on any atom is -0.467 e. The number of hydrogen-bond acceptors (Lipinski definition) is 4. The molecule has 0 aliphatic rings. The van der Waals surface area contributed by atoms with E-state index in [-0.39, 0.29) is 6.03 Å². The second-order valence-electron chi connectivity index (χ2n) is 5.32. The average Bonchev–Trinajstić information content (AvgIpc) is 2.51. The summed E-state index contributed by atoms with van der Waals surface area (Å²) in [6.45, 7) is 1.45. The zero-order valence-electron chi connectivity index (χ0n) is 13.5. The fraction of sp³-hybridized carbons (Fsp3) is 0.500. The summed E-state index contributed by atoms with van der Waals surface area (Å²) in [5.41, 5.74) is 0.964. The molecule has 0 fully saturated rings. The van der Waals surface area contributed by atoms with E-state index >= 15 is 0 Å². The van der Waals surface area contributed by atoms with Gasteiger partial charge in [0.25, 0.3) is 0 Å². The van der Waals surface area contributed by atoms with Crippen LogP contribution in [0.1, 0.15) is 12.0 Å². The van der Waals surface area contributed by atoms with Crippen LogP contribution in [0.3, 0.4) is 0 Å². The lowest BCUT2D eigenvalue weighted by Gasteiger charge is -2.17. The van der Waals surface area contributed by atoms with E-state index in [0.29, 0.717) is 13.0 Å². The minimum atomic E-state index is -0.693. The predicted octanol–water partition coefficient (Wildman–Crippen LogP) is 1.02. The molecule has 0 aliphatic carbocycles. The number of rotatable bonds is 8. The number of esters is 1. The van der Waals surface area contributed by atoms with E-state index in [2.05, 4.69) is 10.6 Å². The normalized spacial score (nSPS) is 11.8. The highest BCUT2D eigenvalue weighted by molar-refractivity contribution is 5.83. The zero-order valence-corrected chi connectivity index (χ0v) is 13.5. The summed E-state index contributed by atoms with van der Waals surface area (Å²) in [5, 5.41) is 5.41. The van der Waals surface area contributed by atoms with Gasteiger partial charge < -0.3 is 20.3 Å². The van der Waals surface area contributed by atoms with E-state index in [0.717, 1.165) is 18.5 Å². The summed E-state index contributed by atoms with van der Waals surface area (Å²) in [7, 11) is 5.28. The maximum Gasteiger partial charge on any atom is 0.328 e. The molecule has 0 saturated carbocycles.